The average Bonchev–Trinajstić information content (AvgIpc) is 2.23. The van der Waals surface area contributed by atoms with Gasteiger partial charge in [0.1, 0.15) is 6.10 Å². The fourth-order valence-electron chi connectivity index (χ4n) is 2.02. The number of aromatic nitrogens is 1. The zero-order valence-corrected chi connectivity index (χ0v) is 9.06. The van der Waals surface area contributed by atoms with Crippen molar-refractivity contribution in [3.8, 4) is 0 Å². The van der Waals surface area contributed by atoms with Gasteiger partial charge in [-0.15, -0.1) is 0 Å². The maximum atomic E-state index is 9.83. The number of nitrogens with one attached hydrogen (secondary N) is 1. The van der Waals surface area contributed by atoms with E-state index < -0.39 is 6.10 Å². The molecule has 82 valence electrons. The molecular weight excluding hydrogens is 188 g/mol. The van der Waals surface area contributed by atoms with Crippen molar-refractivity contribution in [2.24, 2.45) is 5.92 Å². The van der Waals surface area contributed by atoms with E-state index in [4.69, 9.17) is 0 Å². The van der Waals surface area contributed by atoms with Crippen molar-refractivity contribution in [1.82, 2.24) is 10.3 Å². The first-order valence-electron chi connectivity index (χ1n) is 5.58. The average molecular weight is 206 g/mol. The lowest BCUT2D eigenvalue weighted by molar-refractivity contribution is 0.146. The maximum Gasteiger partial charge on any atom is 0.108 e. The summed E-state index contributed by atoms with van der Waals surface area (Å²) in [7, 11) is 0. The van der Waals surface area contributed by atoms with Crippen molar-refractivity contribution in [2.45, 2.75) is 31.9 Å². The minimum atomic E-state index is -0.484. The van der Waals surface area contributed by atoms with Crippen LogP contribution in [0.4, 0.5) is 0 Å². The summed E-state index contributed by atoms with van der Waals surface area (Å²) in [5.41, 5.74) is 0.748. The first-order chi connectivity index (χ1) is 7.25. The maximum absolute atomic E-state index is 9.83. The van der Waals surface area contributed by atoms with E-state index in [1.54, 1.807) is 6.20 Å². The van der Waals surface area contributed by atoms with Crippen molar-refractivity contribution < 1.29 is 5.11 Å². The predicted molar refractivity (Wildman–Crippen MR) is 59.4 cm³/mol. The Morgan fingerprint density at radius 2 is 2.33 bits per heavy atom. The van der Waals surface area contributed by atoms with Gasteiger partial charge in [-0.1, -0.05) is 13.0 Å². The molecule has 1 aliphatic rings. The molecule has 1 heterocycles. The molecule has 0 radical (unpaired) electrons. The summed E-state index contributed by atoms with van der Waals surface area (Å²) in [4.78, 5) is 4.13. The highest BCUT2D eigenvalue weighted by atomic mass is 16.3. The Morgan fingerprint density at radius 1 is 1.53 bits per heavy atom. The molecule has 3 nitrogen and oxygen atoms in total. The standard InChI is InChI=1S/C12H18N2O/c1-9-6-10(7-9)14-8-12(15)11-4-2-3-5-13-11/h2-5,9-10,12,14-15H,6-8H2,1H3. The SMILES string of the molecule is CC1CC(NCC(O)c2ccccn2)C1. The van der Waals surface area contributed by atoms with Crippen LogP contribution in [-0.4, -0.2) is 22.7 Å². The second-order valence-electron chi connectivity index (χ2n) is 4.45. The fourth-order valence-corrected chi connectivity index (χ4v) is 2.02. The zero-order chi connectivity index (χ0) is 10.7. The Labute approximate surface area is 90.5 Å². The first-order valence-corrected chi connectivity index (χ1v) is 5.58. The summed E-state index contributed by atoms with van der Waals surface area (Å²) in [6.07, 6.45) is 3.69. The van der Waals surface area contributed by atoms with Crippen molar-refractivity contribution in [1.29, 1.82) is 0 Å². The predicted octanol–water partition coefficient (Wildman–Crippen LogP) is 1.50. The van der Waals surface area contributed by atoms with Gasteiger partial charge in [0.25, 0.3) is 0 Å². The number of aliphatic hydroxyl groups is 1. The third-order valence-electron chi connectivity index (χ3n) is 3.00. The van der Waals surface area contributed by atoms with Crippen LogP contribution in [0.15, 0.2) is 24.4 Å². The van der Waals surface area contributed by atoms with Crippen LogP contribution in [0, 0.1) is 5.92 Å². The second-order valence-corrected chi connectivity index (χ2v) is 4.45. The molecule has 0 aromatic carbocycles. The van der Waals surface area contributed by atoms with Crippen molar-refractivity contribution in [2.75, 3.05) is 6.54 Å². The van der Waals surface area contributed by atoms with Gasteiger partial charge in [0.2, 0.25) is 0 Å². The fraction of sp³-hybridized carbons (Fsp3) is 0.583. The lowest BCUT2D eigenvalue weighted by Gasteiger charge is -2.34. The molecule has 1 fully saturated rings. The van der Waals surface area contributed by atoms with Crippen LogP contribution >= 0.6 is 0 Å². The summed E-state index contributed by atoms with van der Waals surface area (Å²) in [5.74, 6) is 0.842. The molecule has 1 aliphatic carbocycles. The van der Waals surface area contributed by atoms with E-state index in [9.17, 15) is 5.11 Å². The van der Waals surface area contributed by atoms with Crippen LogP contribution in [0.1, 0.15) is 31.6 Å². The normalized spacial score (nSPS) is 27.1. The molecule has 2 N–H and O–H groups in total. The Kier molecular flexibility index (Phi) is 3.34. The van der Waals surface area contributed by atoms with Gasteiger partial charge in [-0.25, -0.2) is 0 Å². The second kappa shape index (κ2) is 4.73. The summed E-state index contributed by atoms with van der Waals surface area (Å²) in [6, 6.07) is 6.21. The van der Waals surface area contributed by atoms with E-state index >= 15 is 0 Å². The van der Waals surface area contributed by atoms with Gasteiger partial charge in [0.05, 0.1) is 5.69 Å². The number of hydrogen-bond acceptors (Lipinski definition) is 3. The van der Waals surface area contributed by atoms with Crippen LogP contribution in [0.25, 0.3) is 0 Å². The van der Waals surface area contributed by atoms with Gasteiger partial charge in [-0.05, 0) is 30.9 Å². The van der Waals surface area contributed by atoms with Crippen LogP contribution < -0.4 is 5.32 Å². The van der Waals surface area contributed by atoms with E-state index in [2.05, 4.69) is 17.2 Å². The lowest BCUT2D eigenvalue weighted by Crippen LogP contribution is -2.41. The van der Waals surface area contributed by atoms with Crippen molar-refractivity contribution in [3.63, 3.8) is 0 Å². The number of nitrogens with zero attached hydrogens (tertiary/aromatic N) is 1. The zero-order valence-electron chi connectivity index (χ0n) is 9.06. The highest BCUT2D eigenvalue weighted by molar-refractivity contribution is 5.07. The van der Waals surface area contributed by atoms with Gasteiger partial charge in [-0.3, -0.25) is 4.98 Å². The molecule has 1 unspecified atom stereocenters. The van der Waals surface area contributed by atoms with Gasteiger partial charge in [0, 0.05) is 18.8 Å². The molecule has 1 saturated carbocycles. The van der Waals surface area contributed by atoms with E-state index in [0.717, 1.165) is 11.6 Å². The van der Waals surface area contributed by atoms with Crippen LogP contribution in [0.5, 0.6) is 0 Å². The topological polar surface area (TPSA) is 45.1 Å². The van der Waals surface area contributed by atoms with Crippen molar-refractivity contribution in [3.05, 3.63) is 30.1 Å². The van der Waals surface area contributed by atoms with E-state index in [1.807, 2.05) is 18.2 Å². The molecule has 1 aromatic heterocycles. The molecule has 2 rings (SSSR count). The first kappa shape index (κ1) is 10.6. The van der Waals surface area contributed by atoms with Gasteiger partial charge in [-0.2, -0.15) is 0 Å². The van der Waals surface area contributed by atoms with E-state index in [1.165, 1.54) is 12.8 Å². The Bertz CT molecular complexity index is 296. The number of pyridine rings is 1. The molecule has 0 spiro atoms. The Hall–Kier alpha value is -0.930. The Balaban J connectivity index is 1.75. The summed E-state index contributed by atoms with van der Waals surface area (Å²) < 4.78 is 0. The molecule has 1 atom stereocenters. The summed E-state index contributed by atoms with van der Waals surface area (Å²) in [5, 5.41) is 13.2. The highest BCUT2D eigenvalue weighted by Crippen LogP contribution is 2.26. The largest absolute Gasteiger partial charge is 0.385 e. The highest BCUT2D eigenvalue weighted by Gasteiger charge is 2.25. The molecule has 0 aliphatic heterocycles. The van der Waals surface area contributed by atoms with Crippen molar-refractivity contribution >= 4 is 0 Å². The lowest BCUT2D eigenvalue weighted by atomic mass is 9.82. The molecule has 0 bridgehead atoms. The van der Waals surface area contributed by atoms with E-state index in [0.29, 0.717) is 12.6 Å². The smallest absolute Gasteiger partial charge is 0.108 e. The quantitative estimate of drug-likeness (QED) is 0.784. The minimum absolute atomic E-state index is 0.484. The molecule has 0 saturated heterocycles. The Morgan fingerprint density at radius 3 is 2.93 bits per heavy atom. The van der Waals surface area contributed by atoms with Gasteiger partial charge >= 0.3 is 0 Å². The third kappa shape index (κ3) is 2.76. The molecule has 15 heavy (non-hydrogen) atoms. The number of aliphatic hydroxyl groups excluding tert-OH is 1. The monoisotopic (exact) mass is 206 g/mol. The third-order valence-corrected chi connectivity index (χ3v) is 3.00. The van der Waals surface area contributed by atoms with Crippen LogP contribution in [0.2, 0.25) is 0 Å². The number of hydrogen-bond donors (Lipinski definition) is 2. The molecular formula is C12H18N2O. The minimum Gasteiger partial charge on any atom is -0.385 e. The van der Waals surface area contributed by atoms with Crippen LogP contribution in [0.3, 0.4) is 0 Å². The van der Waals surface area contributed by atoms with E-state index in [-0.39, 0.29) is 0 Å². The van der Waals surface area contributed by atoms with Crippen LogP contribution in [-0.2, 0) is 0 Å². The van der Waals surface area contributed by atoms with Gasteiger partial charge in [0.15, 0.2) is 0 Å². The molecule has 1 aromatic rings. The summed E-state index contributed by atoms with van der Waals surface area (Å²) in [6.45, 7) is 2.86. The summed E-state index contributed by atoms with van der Waals surface area (Å²) >= 11 is 0. The molecule has 0 amide bonds. The van der Waals surface area contributed by atoms with Gasteiger partial charge < -0.3 is 10.4 Å². The molecule has 3 heteroatoms. The number of rotatable bonds is 4.